The van der Waals surface area contributed by atoms with Gasteiger partial charge in [0.15, 0.2) is 0 Å². The van der Waals surface area contributed by atoms with Crippen LogP contribution in [0.2, 0.25) is 0 Å². The van der Waals surface area contributed by atoms with Crippen molar-refractivity contribution in [1.82, 2.24) is 9.97 Å². The topological polar surface area (TPSA) is 38.9 Å². The fraction of sp³-hybridized carbons (Fsp3) is 0. The molecule has 6 rings (SSSR count). The van der Waals surface area contributed by atoms with Crippen LogP contribution in [0.1, 0.15) is 0 Å². The Hall–Kier alpha value is -3.72. The molecule has 0 saturated carbocycles. The van der Waals surface area contributed by atoms with Crippen molar-refractivity contribution in [2.45, 2.75) is 0 Å². The molecule has 0 bridgehead atoms. The first kappa shape index (κ1) is 14.4. The van der Waals surface area contributed by atoms with Crippen LogP contribution in [0, 0.1) is 0 Å². The molecule has 0 fully saturated rings. The number of nitrogens with zero attached hydrogens (tertiary/aromatic N) is 2. The van der Waals surface area contributed by atoms with Gasteiger partial charge in [0.2, 0.25) is 0 Å². The zero-order valence-electron chi connectivity index (χ0n) is 14.4. The number of rotatable bonds is 1. The van der Waals surface area contributed by atoms with Crippen molar-refractivity contribution in [3.63, 3.8) is 0 Å². The van der Waals surface area contributed by atoms with E-state index < -0.39 is 0 Å². The maximum absolute atomic E-state index is 6.03. The second kappa shape index (κ2) is 5.39. The highest BCUT2D eigenvalue weighted by Gasteiger charge is 2.10. The van der Waals surface area contributed by atoms with Gasteiger partial charge in [-0.3, -0.25) is 4.98 Å². The monoisotopic (exact) mass is 346 g/mol. The highest BCUT2D eigenvalue weighted by Crippen LogP contribution is 2.32. The fourth-order valence-corrected chi connectivity index (χ4v) is 3.77. The molecule has 3 aromatic carbocycles. The third kappa shape index (κ3) is 2.15. The quantitative estimate of drug-likeness (QED) is 0.326. The Morgan fingerprint density at radius 2 is 1.44 bits per heavy atom. The van der Waals surface area contributed by atoms with Crippen LogP contribution in [-0.4, -0.2) is 9.97 Å². The van der Waals surface area contributed by atoms with E-state index in [9.17, 15) is 0 Å². The first-order valence-electron chi connectivity index (χ1n) is 8.93. The number of para-hydroxylation sites is 1. The van der Waals surface area contributed by atoms with E-state index >= 15 is 0 Å². The average Bonchev–Trinajstić information content (AvgIpc) is 3.11. The van der Waals surface area contributed by atoms with Gasteiger partial charge < -0.3 is 4.42 Å². The molecule has 3 heteroatoms. The van der Waals surface area contributed by atoms with Crippen LogP contribution in [0.25, 0.3) is 55.0 Å². The second-order valence-corrected chi connectivity index (χ2v) is 6.72. The number of benzene rings is 3. The molecule has 3 heterocycles. The molecule has 0 aliphatic carbocycles. The van der Waals surface area contributed by atoms with E-state index in [0.717, 1.165) is 55.0 Å². The molecule has 0 spiro atoms. The summed E-state index contributed by atoms with van der Waals surface area (Å²) in [4.78, 5) is 9.47. The average molecular weight is 346 g/mol. The molecule has 27 heavy (non-hydrogen) atoms. The van der Waals surface area contributed by atoms with Gasteiger partial charge in [0, 0.05) is 33.3 Å². The minimum absolute atomic E-state index is 0.881. The Labute approximate surface area is 154 Å². The Balaban J connectivity index is 1.60. The van der Waals surface area contributed by atoms with Crippen LogP contribution in [0.3, 0.4) is 0 Å². The van der Waals surface area contributed by atoms with Crippen molar-refractivity contribution in [1.29, 1.82) is 0 Å². The number of aromatic nitrogens is 2. The molecule has 3 nitrogen and oxygen atoms in total. The van der Waals surface area contributed by atoms with E-state index in [0.29, 0.717) is 0 Å². The fourth-order valence-electron chi connectivity index (χ4n) is 3.77. The predicted molar refractivity (Wildman–Crippen MR) is 110 cm³/mol. The zero-order valence-corrected chi connectivity index (χ0v) is 14.4. The lowest BCUT2D eigenvalue weighted by Crippen LogP contribution is -1.88. The van der Waals surface area contributed by atoms with Crippen LogP contribution in [0.5, 0.6) is 0 Å². The maximum Gasteiger partial charge on any atom is 0.136 e. The summed E-state index contributed by atoms with van der Waals surface area (Å²) < 4.78 is 6.03. The van der Waals surface area contributed by atoms with Gasteiger partial charge in [0.25, 0.3) is 0 Å². The summed E-state index contributed by atoms with van der Waals surface area (Å²) in [5.74, 6) is 0. The lowest BCUT2D eigenvalue weighted by atomic mass is 10.1. The highest BCUT2D eigenvalue weighted by molar-refractivity contribution is 6.06. The molecular weight excluding hydrogens is 332 g/mol. The van der Waals surface area contributed by atoms with Gasteiger partial charge in [-0.1, -0.05) is 48.5 Å². The van der Waals surface area contributed by atoms with E-state index in [1.807, 2.05) is 30.5 Å². The molecule has 0 saturated heterocycles. The Morgan fingerprint density at radius 1 is 0.630 bits per heavy atom. The van der Waals surface area contributed by atoms with Crippen molar-refractivity contribution in [2.75, 3.05) is 0 Å². The Morgan fingerprint density at radius 3 is 2.41 bits per heavy atom. The molecular formula is C24H14N2O. The number of fused-ring (bicyclic) bond motifs is 6. The van der Waals surface area contributed by atoms with Gasteiger partial charge in [-0.2, -0.15) is 0 Å². The molecule has 0 N–H and O–H groups in total. The summed E-state index contributed by atoms with van der Waals surface area (Å²) in [5, 5.41) is 4.46. The maximum atomic E-state index is 6.03. The number of furan rings is 1. The van der Waals surface area contributed by atoms with Crippen LogP contribution < -0.4 is 0 Å². The summed E-state index contributed by atoms with van der Waals surface area (Å²) >= 11 is 0. The van der Waals surface area contributed by atoms with Gasteiger partial charge in [0.05, 0.1) is 16.7 Å². The summed E-state index contributed by atoms with van der Waals surface area (Å²) in [6.07, 6.45) is 1.82. The first-order valence-corrected chi connectivity index (χ1v) is 8.93. The van der Waals surface area contributed by atoms with E-state index in [4.69, 9.17) is 9.40 Å². The van der Waals surface area contributed by atoms with E-state index in [1.54, 1.807) is 0 Å². The molecule has 3 aromatic heterocycles. The van der Waals surface area contributed by atoms with Gasteiger partial charge in [0.1, 0.15) is 11.2 Å². The van der Waals surface area contributed by atoms with Crippen molar-refractivity contribution in [3.8, 4) is 11.3 Å². The molecule has 0 atom stereocenters. The molecule has 0 aliphatic rings. The normalized spacial score (nSPS) is 11.7. The van der Waals surface area contributed by atoms with E-state index in [-0.39, 0.29) is 0 Å². The van der Waals surface area contributed by atoms with Gasteiger partial charge >= 0.3 is 0 Å². The van der Waals surface area contributed by atoms with Crippen molar-refractivity contribution < 1.29 is 4.42 Å². The van der Waals surface area contributed by atoms with Crippen LogP contribution >= 0.6 is 0 Å². The van der Waals surface area contributed by atoms with Gasteiger partial charge in [-0.25, -0.2) is 4.98 Å². The number of hydrogen-bond acceptors (Lipinski definition) is 3. The van der Waals surface area contributed by atoms with Crippen molar-refractivity contribution in [2.24, 2.45) is 0 Å². The molecule has 0 aliphatic heterocycles. The highest BCUT2D eigenvalue weighted by atomic mass is 16.3. The Kier molecular flexibility index (Phi) is 2.88. The van der Waals surface area contributed by atoms with Crippen LogP contribution in [-0.2, 0) is 0 Å². The van der Waals surface area contributed by atoms with Crippen molar-refractivity contribution >= 4 is 43.7 Å². The lowest BCUT2D eigenvalue weighted by Gasteiger charge is -2.06. The smallest absolute Gasteiger partial charge is 0.136 e. The third-order valence-corrected chi connectivity index (χ3v) is 5.11. The molecule has 126 valence electrons. The van der Waals surface area contributed by atoms with E-state index in [2.05, 4.69) is 59.6 Å². The minimum atomic E-state index is 0.881. The molecule has 0 amide bonds. The number of hydrogen-bond donors (Lipinski definition) is 0. The number of pyridine rings is 2. The predicted octanol–water partition coefficient (Wildman–Crippen LogP) is 6.35. The summed E-state index contributed by atoms with van der Waals surface area (Å²) in [5.41, 5.74) is 5.61. The minimum Gasteiger partial charge on any atom is -0.456 e. The molecule has 6 aromatic rings. The third-order valence-electron chi connectivity index (χ3n) is 5.11. The van der Waals surface area contributed by atoms with E-state index in [1.165, 1.54) is 0 Å². The summed E-state index contributed by atoms with van der Waals surface area (Å²) in [7, 11) is 0. The summed E-state index contributed by atoms with van der Waals surface area (Å²) in [6, 6.07) is 26.8. The van der Waals surface area contributed by atoms with Gasteiger partial charge in [-0.05, 0) is 30.3 Å². The standard InChI is InChI=1S/C24H14N2O/c1-2-6-21-18(5-1)19-11-9-17(14-22(19)27-21)20-12-10-16-8-7-15-4-3-13-25-23(15)24(16)26-20/h1-14H. The zero-order chi connectivity index (χ0) is 17.8. The first-order chi connectivity index (χ1) is 13.4. The summed E-state index contributed by atoms with van der Waals surface area (Å²) in [6.45, 7) is 0. The second-order valence-electron chi connectivity index (χ2n) is 6.72. The lowest BCUT2D eigenvalue weighted by molar-refractivity contribution is 0.669. The Bertz CT molecular complexity index is 1480. The molecule has 0 unspecified atom stereocenters. The molecule has 0 radical (unpaired) electrons. The SMILES string of the molecule is c1cnc2c(c1)ccc1ccc(-c3ccc4c(c3)oc3ccccc34)nc12. The largest absolute Gasteiger partial charge is 0.456 e. The van der Waals surface area contributed by atoms with Crippen molar-refractivity contribution in [3.05, 3.63) is 85.1 Å². The van der Waals surface area contributed by atoms with Gasteiger partial charge in [-0.15, -0.1) is 0 Å². The van der Waals surface area contributed by atoms with Crippen LogP contribution in [0.15, 0.2) is 89.5 Å². The van der Waals surface area contributed by atoms with Crippen LogP contribution in [0.4, 0.5) is 0 Å².